The van der Waals surface area contributed by atoms with E-state index in [4.69, 9.17) is 4.74 Å². The van der Waals surface area contributed by atoms with Crippen LogP contribution in [0, 0.1) is 6.92 Å². The smallest absolute Gasteiger partial charge is 0.0854 e. The third-order valence-electron chi connectivity index (χ3n) is 4.08. The van der Waals surface area contributed by atoms with Crippen LogP contribution in [0.15, 0.2) is 36.4 Å². The van der Waals surface area contributed by atoms with E-state index in [0.29, 0.717) is 12.8 Å². The van der Waals surface area contributed by atoms with E-state index in [1.165, 1.54) is 15.3 Å². The van der Waals surface area contributed by atoms with Crippen molar-refractivity contribution in [3.8, 4) is 0 Å². The van der Waals surface area contributed by atoms with Crippen molar-refractivity contribution < 1.29 is 14.9 Å². The van der Waals surface area contributed by atoms with Crippen molar-refractivity contribution in [2.24, 2.45) is 0 Å². The molecule has 0 saturated carbocycles. The molecule has 0 amide bonds. The average Bonchev–Trinajstić information content (AvgIpc) is 2.92. The fraction of sp³-hybridized carbons (Fsp3) is 0.444. The van der Waals surface area contributed by atoms with Crippen LogP contribution in [0.2, 0.25) is 0 Å². The summed E-state index contributed by atoms with van der Waals surface area (Å²) in [5.74, 6) is 0. The first kappa shape index (κ1) is 15.7. The maximum absolute atomic E-state index is 9.96. The van der Waals surface area contributed by atoms with Gasteiger partial charge in [-0.15, -0.1) is 11.3 Å². The third kappa shape index (κ3) is 3.76. The molecule has 2 aromatic rings. The Balaban J connectivity index is 1.75. The van der Waals surface area contributed by atoms with Crippen molar-refractivity contribution in [3.63, 3.8) is 0 Å². The first-order chi connectivity index (χ1) is 10.6. The summed E-state index contributed by atoms with van der Waals surface area (Å²) >= 11 is 1.82. The van der Waals surface area contributed by atoms with Gasteiger partial charge in [-0.05, 0) is 30.2 Å². The number of aliphatic hydroxyl groups excluding tert-OH is 2. The van der Waals surface area contributed by atoms with Crippen molar-refractivity contribution in [2.45, 2.75) is 44.5 Å². The maximum Gasteiger partial charge on any atom is 0.0854 e. The number of thiophene rings is 1. The Morgan fingerprint density at radius 2 is 2.09 bits per heavy atom. The van der Waals surface area contributed by atoms with Crippen LogP contribution in [0.5, 0.6) is 0 Å². The number of benzene rings is 1. The lowest BCUT2D eigenvalue weighted by atomic mass is 9.95. The van der Waals surface area contributed by atoms with Crippen LogP contribution in [-0.4, -0.2) is 29.0 Å². The number of hydrogen-bond acceptors (Lipinski definition) is 4. The molecule has 3 nitrogen and oxygen atoms in total. The van der Waals surface area contributed by atoms with Gasteiger partial charge in [0.05, 0.1) is 24.9 Å². The van der Waals surface area contributed by atoms with Crippen LogP contribution in [0.1, 0.15) is 39.8 Å². The SMILES string of the molecule is Cc1ccc(Cc2cccc(C3CC(O)CC(CO)O3)c2)s1. The molecule has 118 valence electrons. The molecular weight excluding hydrogens is 296 g/mol. The van der Waals surface area contributed by atoms with E-state index in [-0.39, 0.29) is 18.8 Å². The van der Waals surface area contributed by atoms with E-state index in [2.05, 4.69) is 31.2 Å². The van der Waals surface area contributed by atoms with Crippen LogP contribution in [0.4, 0.5) is 0 Å². The van der Waals surface area contributed by atoms with Crippen LogP contribution < -0.4 is 0 Å². The third-order valence-corrected chi connectivity index (χ3v) is 5.08. The molecule has 1 fully saturated rings. The predicted molar refractivity (Wildman–Crippen MR) is 88.2 cm³/mol. The van der Waals surface area contributed by atoms with Gasteiger partial charge in [-0.3, -0.25) is 0 Å². The molecule has 0 bridgehead atoms. The second-order valence-electron chi connectivity index (χ2n) is 5.99. The number of ether oxygens (including phenoxy) is 1. The van der Waals surface area contributed by atoms with Crippen LogP contribution in [0.25, 0.3) is 0 Å². The Morgan fingerprint density at radius 3 is 2.82 bits per heavy atom. The highest BCUT2D eigenvalue weighted by Crippen LogP contribution is 2.32. The molecule has 1 aromatic carbocycles. The minimum atomic E-state index is -0.403. The molecule has 0 aliphatic carbocycles. The second kappa shape index (κ2) is 6.92. The molecule has 1 saturated heterocycles. The number of hydrogen-bond donors (Lipinski definition) is 2. The molecule has 2 heterocycles. The molecule has 4 heteroatoms. The standard InChI is InChI=1S/C18H22O3S/c1-12-5-6-17(22-12)8-13-3-2-4-14(7-13)18-10-15(20)9-16(11-19)21-18/h2-7,15-16,18-20H,8-11H2,1H3. The average molecular weight is 318 g/mol. The minimum absolute atomic E-state index is 0.0400. The molecule has 0 radical (unpaired) electrons. The summed E-state index contributed by atoms with van der Waals surface area (Å²) in [7, 11) is 0. The first-order valence-corrected chi connectivity index (χ1v) is 8.54. The minimum Gasteiger partial charge on any atom is -0.394 e. The van der Waals surface area contributed by atoms with Gasteiger partial charge in [-0.1, -0.05) is 24.3 Å². The van der Waals surface area contributed by atoms with E-state index in [1.54, 1.807) is 0 Å². The van der Waals surface area contributed by atoms with E-state index >= 15 is 0 Å². The molecule has 2 N–H and O–H groups in total. The Hall–Kier alpha value is -1.20. The van der Waals surface area contributed by atoms with Gasteiger partial charge in [-0.2, -0.15) is 0 Å². The van der Waals surface area contributed by atoms with Crippen LogP contribution >= 0.6 is 11.3 Å². The summed E-state index contributed by atoms with van der Waals surface area (Å²) < 4.78 is 5.89. The lowest BCUT2D eigenvalue weighted by Gasteiger charge is -2.32. The zero-order chi connectivity index (χ0) is 15.5. The quantitative estimate of drug-likeness (QED) is 0.910. The van der Waals surface area contributed by atoms with Crippen molar-refractivity contribution in [1.29, 1.82) is 0 Å². The Kier molecular flexibility index (Phi) is 4.93. The Bertz CT molecular complexity index is 622. The van der Waals surface area contributed by atoms with Crippen molar-refractivity contribution in [3.05, 3.63) is 57.3 Å². The van der Waals surface area contributed by atoms with Gasteiger partial charge in [0.25, 0.3) is 0 Å². The second-order valence-corrected chi connectivity index (χ2v) is 7.36. The number of aliphatic hydroxyl groups is 2. The molecule has 3 unspecified atom stereocenters. The summed E-state index contributed by atoms with van der Waals surface area (Å²) in [5, 5.41) is 19.3. The molecule has 22 heavy (non-hydrogen) atoms. The Morgan fingerprint density at radius 1 is 1.23 bits per heavy atom. The zero-order valence-corrected chi connectivity index (χ0v) is 13.6. The molecule has 3 atom stereocenters. The Labute approximate surface area is 135 Å². The molecule has 1 aliphatic heterocycles. The molecule has 0 spiro atoms. The van der Waals surface area contributed by atoms with Crippen LogP contribution in [0.3, 0.4) is 0 Å². The fourth-order valence-corrected chi connectivity index (χ4v) is 3.93. The van der Waals surface area contributed by atoms with Gasteiger partial charge in [0.1, 0.15) is 0 Å². The van der Waals surface area contributed by atoms with Gasteiger partial charge in [0.15, 0.2) is 0 Å². The first-order valence-electron chi connectivity index (χ1n) is 7.72. The summed E-state index contributed by atoms with van der Waals surface area (Å²) in [6.07, 6.45) is 1.23. The highest BCUT2D eigenvalue weighted by molar-refractivity contribution is 7.11. The summed E-state index contributed by atoms with van der Waals surface area (Å²) in [5.41, 5.74) is 2.34. The van der Waals surface area contributed by atoms with Crippen molar-refractivity contribution in [1.82, 2.24) is 0 Å². The highest BCUT2D eigenvalue weighted by atomic mass is 32.1. The van der Waals surface area contributed by atoms with Crippen molar-refractivity contribution in [2.75, 3.05) is 6.61 Å². The van der Waals surface area contributed by atoms with E-state index < -0.39 is 6.10 Å². The topological polar surface area (TPSA) is 49.7 Å². The van der Waals surface area contributed by atoms with Crippen LogP contribution in [-0.2, 0) is 11.2 Å². The van der Waals surface area contributed by atoms with Gasteiger partial charge in [0, 0.05) is 29.0 Å². The zero-order valence-electron chi connectivity index (χ0n) is 12.7. The molecule has 3 rings (SSSR count). The van der Waals surface area contributed by atoms with E-state index in [0.717, 1.165) is 12.0 Å². The van der Waals surface area contributed by atoms with Gasteiger partial charge >= 0.3 is 0 Å². The van der Waals surface area contributed by atoms with Gasteiger partial charge in [0.2, 0.25) is 0 Å². The maximum atomic E-state index is 9.96. The predicted octanol–water partition coefficient (Wildman–Crippen LogP) is 3.22. The number of rotatable bonds is 4. The molecule has 1 aliphatic rings. The number of aryl methyl sites for hydroxylation is 1. The normalized spacial score (nSPS) is 25.3. The largest absolute Gasteiger partial charge is 0.394 e. The van der Waals surface area contributed by atoms with Gasteiger partial charge in [-0.25, -0.2) is 0 Å². The van der Waals surface area contributed by atoms with Gasteiger partial charge < -0.3 is 14.9 Å². The van der Waals surface area contributed by atoms with E-state index in [9.17, 15) is 10.2 Å². The fourth-order valence-electron chi connectivity index (χ4n) is 3.01. The van der Waals surface area contributed by atoms with Crippen molar-refractivity contribution >= 4 is 11.3 Å². The summed E-state index contributed by atoms with van der Waals surface area (Å²) in [6.45, 7) is 2.08. The monoisotopic (exact) mass is 318 g/mol. The lowest BCUT2D eigenvalue weighted by molar-refractivity contribution is -0.113. The summed E-state index contributed by atoms with van der Waals surface area (Å²) in [6, 6.07) is 12.7. The molecule has 1 aromatic heterocycles. The van der Waals surface area contributed by atoms with E-state index in [1.807, 2.05) is 23.5 Å². The highest BCUT2D eigenvalue weighted by Gasteiger charge is 2.28. The molecular formula is C18H22O3S. The summed E-state index contributed by atoms with van der Waals surface area (Å²) in [4.78, 5) is 2.68. The lowest BCUT2D eigenvalue weighted by Crippen LogP contribution is -2.33.